The van der Waals surface area contributed by atoms with Crippen LogP contribution in [0.15, 0.2) is 6.07 Å². The van der Waals surface area contributed by atoms with Crippen LogP contribution in [0.1, 0.15) is 61.2 Å². The van der Waals surface area contributed by atoms with Crippen LogP contribution in [-0.4, -0.2) is 60.4 Å². The molecule has 5 nitrogen and oxygen atoms in total. The summed E-state index contributed by atoms with van der Waals surface area (Å²) in [6, 6.07) is 2.32. The van der Waals surface area contributed by atoms with Gasteiger partial charge < -0.3 is 10.2 Å². The van der Waals surface area contributed by atoms with Crippen LogP contribution >= 0.6 is 11.3 Å². The van der Waals surface area contributed by atoms with E-state index >= 15 is 0 Å². The number of thiophene rings is 1. The molecule has 1 aliphatic carbocycles. The highest BCUT2D eigenvalue weighted by Gasteiger charge is 2.31. The Labute approximate surface area is 173 Å². The summed E-state index contributed by atoms with van der Waals surface area (Å²) < 4.78 is 0. The lowest BCUT2D eigenvalue weighted by Gasteiger charge is -2.34. The number of rotatable bonds is 4. The maximum Gasteiger partial charge on any atom is 0.264 e. The normalized spacial score (nSPS) is 20.9. The van der Waals surface area contributed by atoms with Crippen molar-refractivity contribution >= 4 is 23.2 Å². The molecule has 1 fully saturated rings. The van der Waals surface area contributed by atoms with E-state index in [1.807, 2.05) is 18.7 Å². The molecule has 0 bridgehead atoms. The third kappa shape index (κ3) is 5.15. The first-order valence-electron chi connectivity index (χ1n) is 10.6. The Morgan fingerprint density at radius 2 is 1.89 bits per heavy atom. The lowest BCUT2D eigenvalue weighted by Crippen LogP contribution is -2.51. The van der Waals surface area contributed by atoms with E-state index in [2.05, 4.69) is 37.1 Å². The van der Waals surface area contributed by atoms with Gasteiger partial charge in [0.05, 0.1) is 11.4 Å². The van der Waals surface area contributed by atoms with Crippen molar-refractivity contribution in [2.75, 3.05) is 32.7 Å². The standard InChI is InChI=1S/C22H35N3O2S/c1-15(2)23-20(26)14-24-8-10-25(11-9-24)21(27)19-13-16-12-17(22(3,4)5)6-7-18(16)28-19/h13,15,17H,6-12,14H2,1-5H3,(H,23,26). The molecule has 0 spiro atoms. The van der Waals surface area contributed by atoms with Crippen LogP contribution in [0.4, 0.5) is 0 Å². The number of aryl methyl sites for hydroxylation is 1. The van der Waals surface area contributed by atoms with Crippen molar-refractivity contribution in [3.05, 3.63) is 21.4 Å². The molecule has 2 heterocycles. The molecule has 1 atom stereocenters. The highest BCUT2D eigenvalue weighted by atomic mass is 32.1. The largest absolute Gasteiger partial charge is 0.353 e. The van der Waals surface area contributed by atoms with Gasteiger partial charge in [0.15, 0.2) is 0 Å². The van der Waals surface area contributed by atoms with Crippen LogP contribution in [0.25, 0.3) is 0 Å². The van der Waals surface area contributed by atoms with Crippen molar-refractivity contribution in [1.29, 1.82) is 0 Å². The van der Waals surface area contributed by atoms with E-state index in [9.17, 15) is 9.59 Å². The van der Waals surface area contributed by atoms with Gasteiger partial charge in [-0.05, 0) is 56.1 Å². The molecule has 1 aromatic rings. The Balaban J connectivity index is 1.55. The second kappa shape index (κ2) is 8.54. The molecule has 156 valence electrons. The Morgan fingerprint density at radius 1 is 1.21 bits per heavy atom. The van der Waals surface area contributed by atoms with Gasteiger partial charge in [0.2, 0.25) is 5.91 Å². The molecule has 1 aromatic heterocycles. The molecule has 0 saturated carbocycles. The Morgan fingerprint density at radius 3 is 2.50 bits per heavy atom. The van der Waals surface area contributed by atoms with Crippen molar-refractivity contribution in [2.24, 2.45) is 11.3 Å². The van der Waals surface area contributed by atoms with Crippen molar-refractivity contribution in [3.63, 3.8) is 0 Å². The number of carbonyl (C=O) groups excluding carboxylic acids is 2. The van der Waals surface area contributed by atoms with Gasteiger partial charge in [-0.2, -0.15) is 0 Å². The minimum Gasteiger partial charge on any atom is -0.353 e. The van der Waals surface area contributed by atoms with E-state index in [0.717, 1.165) is 30.8 Å². The highest BCUT2D eigenvalue weighted by Crippen LogP contribution is 2.40. The van der Waals surface area contributed by atoms with Gasteiger partial charge in [-0.25, -0.2) is 0 Å². The number of hydrogen-bond acceptors (Lipinski definition) is 4. The minimum atomic E-state index is 0.0640. The topological polar surface area (TPSA) is 52.7 Å². The quantitative estimate of drug-likeness (QED) is 0.837. The molecular formula is C22H35N3O2S. The van der Waals surface area contributed by atoms with E-state index in [4.69, 9.17) is 0 Å². The lowest BCUT2D eigenvalue weighted by atomic mass is 9.72. The summed E-state index contributed by atoms with van der Waals surface area (Å²) in [5.74, 6) is 0.921. The summed E-state index contributed by atoms with van der Waals surface area (Å²) >= 11 is 1.70. The van der Waals surface area contributed by atoms with Crippen LogP contribution in [0.5, 0.6) is 0 Å². The van der Waals surface area contributed by atoms with Crippen LogP contribution in [0.3, 0.4) is 0 Å². The smallest absolute Gasteiger partial charge is 0.264 e. The molecule has 3 rings (SSSR count). The van der Waals surface area contributed by atoms with Gasteiger partial charge >= 0.3 is 0 Å². The van der Waals surface area contributed by atoms with Crippen molar-refractivity contribution in [3.8, 4) is 0 Å². The SMILES string of the molecule is CC(C)NC(=O)CN1CCN(C(=O)c2cc3c(s2)CCC(C(C)(C)C)C3)CC1. The summed E-state index contributed by atoms with van der Waals surface area (Å²) in [4.78, 5) is 31.3. The molecule has 28 heavy (non-hydrogen) atoms. The second-order valence-corrected chi connectivity index (χ2v) is 10.8. The summed E-state index contributed by atoms with van der Waals surface area (Å²) in [5.41, 5.74) is 1.71. The van der Waals surface area contributed by atoms with Crippen molar-refractivity contribution in [1.82, 2.24) is 15.1 Å². The summed E-state index contributed by atoms with van der Waals surface area (Å²) in [7, 11) is 0. The third-order valence-corrected chi connectivity index (χ3v) is 7.22. The molecule has 1 saturated heterocycles. The maximum atomic E-state index is 13.0. The average Bonchev–Trinajstić information content (AvgIpc) is 3.03. The average molecular weight is 406 g/mol. The molecular weight excluding hydrogens is 370 g/mol. The zero-order valence-electron chi connectivity index (χ0n) is 18.0. The second-order valence-electron chi connectivity index (χ2n) is 9.66. The monoisotopic (exact) mass is 405 g/mol. The predicted octanol–water partition coefficient (Wildman–Crippen LogP) is 3.18. The van der Waals surface area contributed by atoms with Gasteiger partial charge in [-0.3, -0.25) is 14.5 Å². The predicted molar refractivity (Wildman–Crippen MR) is 115 cm³/mol. The molecule has 0 aromatic carbocycles. The minimum absolute atomic E-state index is 0.0640. The fraction of sp³-hybridized carbons (Fsp3) is 0.727. The molecule has 2 amide bonds. The third-order valence-electron chi connectivity index (χ3n) is 5.99. The number of nitrogens with one attached hydrogen (secondary N) is 1. The van der Waals surface area contributed by atoms with Crippen LogP contribution in [0, 0.1) is 11.3 Å². The van der Waals surface area contributed by atoms with E-state index in [-0.39, 0.29) is 17.9 Å². The Hall–Kier alpha value is -1.40. The highest BCUT2D eigenvalue weighted by molar-refractivity contribution is 7.14. The van der Waals surface area contributed by atoms with Gasteiger partial charge in [-0.15, -0.1) is 11.3 Å². The van der Waals surface area contributed by atoms with Gasteiger partial charge in [0.25, 0.3) is 5.91 Å². The lowest BCUT2D eigenvalue weighted by molar-refractivity contribution is -0.123. The number of hydrogen-bond donors (Lipinski definition) is 1. The van der Waals surface area contributed by atoms with Gasteiger partial charge in [0.1, 0.15) is 0 Å². The first-order chi connectivity index (χ1) is 13.1. The van der Waals surface area contributed by atoms with E-state index in [0.29, 0.717) is 31.0 Å². The molecule has 1 unspecified atom stereocenters. The van der Waals surface area contributed by atoms with E-state index in [1.54, 1.807) is 11.3 Å². The number of nitrogens with zero attached hydrogens (tertiary/aromatic N) is 2. The number of piperazine rings is 1. The molecule has 6 heteroatoms. The molecule has 1 aliphatic heterocycles. The first kappa shape index (κ1) is 21.3. The number of carbonyl (C=O) groups is 2. The zero-order chi connectivity index (χ0) is 20.5. The maximum absolute atomic E-state index is 13.0. The van der Waals surface area contributed by atoms with Gasteiger partial charge in [-0.1, -0.05) is 20.8 Å². The van der Waals surface area contributed by atoms with Crippen LogP contribution < -0.4 is 5.32 Å². The molecule has 1 N–H and O–H groups in total. The van der Waals surface area contributed by atoms with E-state index in [1.165, 1.54) is 16.9 Å². The van der Waals surface area contributed by atoms with Gasteiger partial charge in [0, 0.05) is 37.1 Å². The fourth-order valence-corrected chi connectivity index (χ4v) is 5.38. The summed E-state index contributed by atoms with van der Waals surface area (Å²) in [6.07, 6.45) is 3.43. The Kier molecular flexibility index (Phi) is 6.50. The fourth-order valence-electron chi connectivity index (χ4n) is 4.20. The molecule has 2 aliphatic rings. The summed E-state index contributed by atoms with van der Waals surface area (Å²) in [5, 5.41) is 2.93. The first-order valence-corrected chi connectivity index (χ1v) is 11.4. The number of amides is 2. The number of fused-ring (bicyclic) bond motifs is 1. The van der Waals surface area contributed by atoms with Crippen LogP contribution in [-0.2, 0) is 17.6 Å². The van der Waals surface area contributed by atoms with E-state index < -0.39 is 0 Å². The molecule has 0 radical (unpaired) electrons. The summed E-state index contributed by atoms with van der Waals surface area (Å²) in [6.45, 7) is 14.2. The zero-order valence-corrected chi connectivity index (χ0v) is 18.8. The van der Waals surface area contributed by atoms with Crippen molar-refractivity contribution in [2.45, 2.75) is 59.9 Å². The van der Waals surface area contributed by atoms with Crippen molar-refractivity contribution < 1.29 is 9.59 Å². The Bertz CT molecular complexity index is 712. The van der Waals surface area contributed by atoms with Crippen LogP contribution in [0.2, 0.25) is 0 Å².